The van der Waals surface area contributed by atoms with Gasteiger partial charge < -0.3 is 5.32 Å². The van der Waals surface area contributed by atoms with E-state index >= 15 is 0 Å². The van der Waals surface area contributed by atoms with Crippen LogP contribution in [0.1, 0.15) is 23.5 Å². The summed E-state index contributed by atoms with van der Waals surface area (Å²) in [6.45, 7) is 2.98. The number of aromatic nitrogens is 1. The zero-order chi connectivity index (χ0) is 12.3. The number of rotatable bonds is 4. The van der Waals surface area contributed by atoms with E-state index in [0.717, 1.165) is 26.6 Å². The van der Waals surface area contributed by atoms with E-state index < -0.39 is 0 Å². The average Bonchev–Trinajstić information content (AvgIpc) is 2.80. The van der Waals surface area contributed by atoms with E-state index in [4.69, 9.17) is 11.6 Å². The number of halogens is 2. The minimum Gasteiger partial charge on any atom is -0.305 e. The maximum Gasteiger partial charge on any atom is 0.114 e. The molecule has 1 heterocycles. The van der Waals surface area contributed by atoms with Gasteiger partial charge in [-0.2, -0.15) is 0 Å². The van der Waals surface area contributed by atoms with Crippen LogP contribution in [0.4, 0.5) is 0 Å². The Balaban J connectivity index is 2.39. The molecule has 5 heteroatoms. The molecule has 1 aromatic heterocycles. The first-order valence-corrected chi connectivity index (χ1v) is 7.35. The van der Waals surface area contributed by atoms with Gasteiger partial charge in [-0.3, -0.25) is 0 Å². The smallest absolute Gasteiger partial charge is 0.114 e. The molecule has 1 aromatic carbocycles. The van der Waals surface area contributed by atoms with Gasteiger partial charge in [-0.15, -0.1) is 11.3 Å². The third kappa shape index (κ3) is 3.07. The normalized spacial score (nSPS) is 12.6. The molecule has 1 unspecified atom stereocenters. The molecular formula is C12H12BrClN2S. The maximum atomic E-state index is 5.96. The summed E-state index contributed by atoms with van der Waals surface area (Å²) >= 11 is 11.2. The van der Waals surface area contributed by atoms with Gasteiger partial charge in [0.1, 0.15) is 5.01 Å². The van der Waals surface area contributed by atoms with Crippen LogP contribution in [0.15, 0.2) is 34.2 Å². The number of nitrogens with zero attached hydrogens (tertiary/aromatic N) is 1. The standard InChI is InChI=1S/C12H12BrClN2S/c1-2-15-11(12-16-5-6-17-12)9-4-3-8(14)7-10(9)13/h3-7,11,15H,2H2,1H3. The molecule has 90 valence electrons. The zero-order valence-corrected chi connectivity index (χ0v) is 12.4. The number of hydrogen-bond acceptors (Lipinski definition) is 3. The van der Waals surface area contributed by atoms with E-state index in [2.05, 4.69) is 33.2 Å². The Labute approximate surface area is 118 Å². The molecule has 2 aromatic rings. The van der Waals surface area contributed by atoms with E-state index in [9.17, 15) is 0 Å². The fourth-order valence-electron chi connectivity index (χ4n) is 1.65. The Morgan fingerprint density at radius 3 is 2.94 bits per heavy atom. The van der Waals surface area contributed by atoms with Crippen LogP contribution in [0.2, 0.25) is 5.02 Å². The zero-order valence-electron chi connectivity index (χ0n) is 9.28. The van der Waals surface area contributed by atoms with E-state index in [1.165, 1.54) is 0 Å². The van der Waals surface area contributed by atoms with Crippen molar-refractivity contribution in [2.45, 2.75) is 13.0 Å². The molecule has 0 amide bonds. The molecule has 0 radical (unpaired) electrons. The summed E-state index contributed by atoms with van der Waals surface area (Å²) in [5, 5.41) is 7.22. The van der Waals surface area contributed by atoms with E-state index in [0.29, 0.717) is 0 Å². The lowest BCUT2D eigenvalue weighted by Gasteiger charge is -2.17. The Kier molecular flexibility index (Phi) is 4.56. The molecule has 0 saturated heterocycles. The van der Waals surface area contributed by atoms with Crippen molar-refractivity contribution in [1.29, 1.82) is 0 Å². The molecule has 0 aliphatic rings. The number of nitrogens with one attached hydrogen (secondary N) is 1. The molecular weight excluding hydrogens is 320 g/mol. The van der Waals surface area contributed by atoms with Crippen molar-refractivity contribution in [3.63, 3.8) is 0 Å². The molecule has 1 atom stereocenters. The fraction of sp³-hybridized carbons (Fsp3) is 0.250. The summed E-state index contributed by atoms with van der Waals surface area (Å²) in [5.41, 5.74) is 1.16. The van der Waals surface area contributed by atoms with Crippen LogP contribution in [0.3, 0.4) is 0 Å². The van der Waals surface area contributed by atoms with E-state index in [1.807, 2.05) is 29.8 Å². The van der Waals surface area contributed by atoms with Gasteiger partial charge in [0.15, 0.2) is 0 Å². The highest BCUT2D eigenvalue weighted by molar-refractivity contribution is 9.10. The number of benzene rings is 1. The third-order valence-electron chi connectivity index (χ3n) is 2.38. The summed E-state index contributed by atoms with van der Waals surface area (Å²) in [6.07, 6.45) is 1.83. The van der Waals surface area contributed by atoms with E-state index in [-0.39, 0.29) is 6.04 Å². The largest absolute Gasteiger partial charge is 0.305 e. The first-order valence-electron chi connectivity index (χ1n) is 5.30. The van der Waals surface area contributed by atoms with Crippen molar-refractivity contribution < 1.29 is 0 Å². The Morgan fingerprint density at radius 1 is 1.53 bits per heavy atom. The molecule has 0 aliphatic carbocycles. The van der Waals surface area contributed by atoms with Crippen LogP contribution in [-0.2, 0) is 0 Å². The Bertz CT molecular complexity index is 487. The molecule has 2 nitrogen and oxygen atoms in total. The van der Waals surface area contributed by atoms with Gasteiger partial charge in [0.25, 0.3) is 0 Å². The second-order valence-electron chi connectivity index (χ2n) is 3.53. The molecule has 0 fully saturated rings. The van der Waals surface area contributed by atoms with Crippen molar-refractivity contribution in [3.05, 3.63) is 49.8 Å². The molecule has 0 spiro atoms. The number of thiazole rings is 1. The highest BCUT2D eigenvalue weighted by Crippen LogP contribution is 2.31. The van der Waals surface area contributed by atoms with Crippen LogP contribution in [0.5, 0.6) is 0 Å². The van der Waals surface area contributed by atoms with Gasteiger partial charge in [-0.25, -0.2) is 4.98 Å². The monoisotopic (exact) mass is 330 g/mol. The lowest BCUT2D eigenvalue weighted by Crippen LogP contribution is -2.22. The highest BCUT2D eigenvalue weighted by Gasteiger charge is 2.18. The first kappa shape index (κ1) is 13.0. The first-order chi connectivity index (χ1) is 8.22. The second kappa shape index (κ2) is 5.96. The molecule has 1 N–H and O–H groups in total. The quantitative estimate of drug-likeness (QED) is 0.905. The van der Waals surface area contributed by atoms with Crippen molar-refractivity contribution in [3.8, 4) is 0 Å². The van der Waals surface area contributed by atoms with Gasteiger partial charge >= 0.3 is 0 Å². The third-order valence-corrected chi connectivity index (χ3v) is 4.14. The maximum absolute atomic E-state index is 5.96. The van der Waals surface area contributed by atoms with Crippen LogP contribution < -0.4 is 5.32 Å². The second-order valence-corrected chi connectivity index (χ2v) is 5.74. The van der Waals surface area contributed by atoms with Crippen LogP contribution >= 0.6 is 38.9 Å². The summed E-state index contributed by atoms with van der Waals surface area (Å²) in [6, 6.07) is 5.96. The van der Waals surface area contributed by atoms with Crippen molar-refractivity contribution in [1.82, 2.24) is 10.3 Å². The fourth-order valence-corrected chi connectivity index (χ4v) is 3.29. The van der Waals surface area contributed by atoms with Gasteiger partial charge in [0.2, 0.25) is 0 Å². The predicted molar refractivity (Wildman–Crippen MR) is 76.8 cm³/mol. The SMILES string of the molecule is CCNC(c1nccs1)c1ccc(Cl)cc1Br. The molecule has 0 saturated carbocycles. The molecule has 17 heavy (non-hydrogen) atoms. The summed E-state index contributed by atoms with van der Waals surface area (Å²) in [4.78, 5) is 4.38. The number of hydrogen-bond donors (Lipinski definition) is 1. The van der Waals surface area contributed by atoms with Crippen molar-refractivity contribution in [2.24, 2.45) is 0 Å². The van der Waals surface area contributed by atoms with Crippen LogP contribution in [-0.4, -0.2) is 11.5 Å². The Morgan fingerprint density at radius 2 is 2.35 bits per heavy atom. The molecule has 2 rings (SSSR count). The van der Waals surface area contributed by atoms with E-state index in [1.54, 1.807) is 11.3 Å². The topological polar surface area (TPSA) is 24.9 Å². The van der Waals surface area contributed by atoms with Gasteiger partial charge in [-0.05, 0) is 24.2 Å². The van der Waals surface area contributed by atoms with Gasteiger partial charge in [-0.1, -0.05) is 40.5 Å². The highest BCUT2D eigenvalue weighted by atomic mass is 79.9. The van der Waals surface area contributed by atoms with Crippen LogP contribution in [0.25, 0.3) is 0 Å². The summed E-state index contributed by atoms with van der Waals surface area (Å²) < 4.78 is 1.01. The molecule has 0 bridgehead atoms. The van der Waals surface area contributed by atoms with Crippen molar-refractivity contribution >= 4 is 38.9 Å². The lowest BCUT2D eigenvalue weighted by atomic mass is 10.1. The minimum absolute atomic E-state index is 0.117. The van der Waals surface area contributed by atoms with Crippen molar-refractivity contribution in [2.75, 3.05) is 6.54 Å². The van der Waals surface area contributed by atoms with Crippen LogP contribution in [0, 0.1) is 0 Å². The molecule has 0 aliphatic heterocycles. The van der Waals surface area contributed by atoms with Gasteiger partial charge in [0.05, 0.1) is 6.04 Å². The average molecular weight is 332 g/mol. The lowest BCUT2D eigenvalue weighted by molar-refractivity contribution is 0.625. The predicted octanol–water partition coefficient (Wildman–Crippen LogP) is 4.26. The summed E-state index contributed by atoms with van der Waals surface area (Å²) in [5.74, 6) is 0. The van der Waals surface area contributed by atoms with Gasteiger partial charge in [0, 0.05) is 21.1 Å². The minimum atomic E-state index is 0.117. The summed E-state index contributed by atoms with van der Waals surface area (Å²) in [7, 11) is 0. The Hall–Kier alpha value is -0.420.